The van der Waals surface area contributed by atoms with Crippen LogP contribution in [0.5, 0.6) is 5.75 Å². The summed E-state index contributed by atoms with van der Waals surface area (Å²) in [5, 5.41) is 8.97. The molecule has 60 valence electrons. The molecule has 0 aliphatic heterocycles. The zero-order valence-electron chi connectivity index (χ0n) is 6.58. The predicted octanol–water partition coefficient (Wildman–Crippen LogP) is 2.89. The first-order valence-electron chi connectivity index (χ1n) is 3.74. The third kappa shape index (κ3) is 2.85. The van der Waals surface area contributed by atoms with Crippen molar-refractivity contribution in [3.8, 4) is 5.75 Å². The number of phenolic OH excluding ortho intramolecular Hbond substituents is 1. The molecule has 1 rings (SSSR count). The van der Waals surface area contributed by atoms with Gasteiger partial charge in [-0.2, -0.15) is 0 Å². The normalized spacial score (nSPS) is 9.91. The molecule has 2 heteroatoms. The average Bonchev–Trinajstić information content (AvgIpc) is 2.04. The van der Waals surface area contributed by atoms with E-state index in [1.54, 1.807) is 12.1 Å². The van der Waals surface area contributed by atoms with E-state index in [9.17, 15) is 0 Å². The number of thioether (sulfide) groups is 1. The molecule has 0 saturated heterocycles. The highest BCUT2D eigenvalue weighted by atomic mass is 32.2. The van der Waals surface area contributed by atoms with Crippen LogP contribution in [0.25, 0.3) is 0 Å². The summed E-state index contributed by atoms with van der Waals surface area (Å²) in [7, 11) is 0. The van der Waals surface area contributed by atoms with Crippen LogP contribution in [0.4, 0.5) is 0 Å². The molecule has 0 aromatic heterocycles. The molecule has 0 bridgehead atoms. The number of benzene rings is 1. The summed E-state index contributed by atoms with van der Waals surface area (Å²) in [6.07, 6.45) is 1.19. The van der Waals surface area contributed by atoms with Gasteiger partial charge in [0.2, 0.25) is 0 Å². The van der Waals surface area contributed by atoms with E-state index >= 15 is 0 Å². The lowest BCUT2D eigenvalue weighted by Crippen LogP contribution is -1.74. The SMILES string of the molecule is CCCSc1ccc(O)cc1. The molecular formula is C9H12OS. The summed E-state index contributed by atoms with van der Waals surface area (Å²) in [6, 6.07) is 7.32. The molecule has 0 aliphatic rings. The van der Waals surface area contributed by atoms with Crippen molar-refractivity contribution >= 4 is 11.8 Å². The first-order chi connectivity index (χ1) is 5.33. The van der Waals surface area contributed by atoms with Crippen LogP contribution in [0, 0.1) is 0 Å². The Morgan fingerprint density at radius 2 is 1.91 bits per heavy atom. The molecule has 1 aromatic rings. The molecule has 0 heterocycles. The van der Waals surface area contributed by atoms with Gasteiger partial charge in [-0.25, -0.2) is 0 Å². The van der Waals surface area contributed by atoms with E-state index < -0.39 is 0 Å². The van der Waals surface area contributed by atoms with E-state index in [0.717, 1.165) is 5.75 Å². The Hall–Kier alpha value is -0.630. The highest BCUT2D eigenvalue weighted by Crippen LogP contribution is 2.20. The van der Waals surface area contributed by atoms with Crippen molar-refractivity contribution in [1.29, 1.82) is 0 Å². The van der Waals surface area contributed by atoms with Crippen molar-refractivity contribution in [3.05, 3.63) is 24.3 Å². The maximum absolute atomic E-state index is 8.97. The molecular weight excluding hydrogens is 156 g/mol. The zero-order chi connectivity index (χ0) is 8.10. The number of aromatic hydroxyl groups is 1. The maximum Gasteiger partial charge on any atom is 0.115 e. The second-order valence-corrected chi connectivity index (χ2v) is 3.51. The highest BCUT2D eigenvalue weighted by molar-refractivity contribution is 7.99. The fraction of sp³-hybridized carbons (Fsp3) is 0.333. The van der Waals surface area contributed by atoms with Crippen LogP contribution in [0.2, 0.25) is 0 Å². The minimum absolute atomic E-state index is 0.339. The quantitative estimate of drug-likeness (QED) is 0.700. The van der Waals surface area contributed by atoms with Crippen LogP contribution in [-0.2, 0) is 0 Å². The topological polar surface area (TPSA) is 20.2 Å². The first kappa shape index (κ1) is 8.47. The summed E-state index contributed by atoms with van der Waals surface area (Å²) in [6.45, 7) is 2.16. The number of hydrogen-bond acceptors (Lipinski definition) is 2. The van der Waals surface area contributed by atoms with E-state index in [-0.39, 0.29) is 0 Å². The largest absolute Gasteiger partial charge is 0.508 e. The Morgan fingerprint density at radius 3 is 2.45 bits per heavy atom. The van der Waals surface area contributed by atoms with Gasteiger partial charge in [-0.1, -0.05) is 6.92 Å². The lowest BCUT2D eigenvalue weighted by atomic mass is 10.3. The summed E-state index contributed by atoms with van der Waals surface area (Å²) in [5.74, 6) is 1.48. The highest BCUT2D eigenvalue weighted by Gasteiger charge is 1.91. The van der Waals surface area contributed by atoms with Gasteiger partial charge >= 0.3 is 0 Å². The molecule has 0 saturated carbocycles. The van der Waals surface area contributed by atoms with Crippen molar-refractivity contribution in [1.82, 2.24) is 0 Å². The Kier molecular flexibility index (Phi) is 3.30. The van der Waals surface area contributed by atoms with Gasteiger partial charge < -0.3 is 5.11 Å². The molecule has 1 nitrogen and oxygen atoms in total. The van der Waals surface area contributed by atoms with Crippen molar-refractivity contribution in [2.75, 3.05) is 5.75 Å². The molecule has 1 aromatic carbocycles. The fourth-order valence-electron chi connectivity index (χ4n) is 0.762. The molecule has 0 unspecified atom stereocenters. The molecule has 0 spiro atoms. The fourth-order valence-corrected chi connectivity index (χ4v) is 1.53. The minimum Gasteiger partial charge on any atom is -0.508 e. The number of hydrogen-bond donors (Lipinski definition) is 1. The second kappa shape index (κ2) is 4.29. The van der Waals surface area contributed by atoms with Gasteiger partial charge in [0.25, 0.3) is 0 Å². The summed E-state index contributed by atoms with van der Waals surface area (Å²) in [5.41, 5.74) is 0. The van der Waals surface area contributed by atoms with Crippen molar-refractivity contribution in [3.63, 3.8) is 0 Å². The summed E-state index contributed by atoms with van der Waals surface area (Å²) < 4.78 is 0. The molecule has 0 amide bonds. The Morgan fingerprint density at radius 1 is 1.27 bits per heavy atom. The monoisotopic (exact) mass is 168 g/mol. The number of rotatable bonds is 3. The molecule has 0 radical (unpaired) electrons. The van der Waals surface area contributed by atoms with Crippen LogP contribution in [0.3, 0.4) is 0 Å². The first-order valence-corrected chi connectivity index (χ1v) is 4.73. The van der Waals surface area contributed by atoms with Crippen molar-refractivity contribution < 1.29 is 5.11 Å². The van der Waals surface area contributed by atoms with Gasteiger partial charge in [-0.3, -0.25) is 0 Å². The Balaban J connectivity index is 2.52. The summed E-state index contributed by atoms with van der Waals surface area (Å²) >= 11 is 1.82. The van der Waals surface area contributed by atoms with Crippen LogP contribution in [0.1, 0.15) is 13.3 Å². The molecule has 1 N–H and O–H groups in total. The average molecular weight is 168 g/mol. The second-order valence-electron chi connectivity index (χ2n) is 2.34. The van der Waals surface area contributed by atoms with Gasteiger partial charge in [0.15, 0.2) is 0 Å². The maximum atomic E-state index is 8.97. The van der Waals surface area contributed by atoms with E-state index in [1.807, 2.05) is 23.9 Å². The van der Waals surface area contributed by atoms with Gasteiger partial charge in [0.1, 0.15) is 5.75 Å². The van der Waals surface area contributed by atoms with Crippen LogP contribution < -0.4 is 0 Å². The lowest BCUT2D eigenvalue weighted by Gasteiger charge is -1.98. The van der Waals surface area contributed by atoms with Gasteiger partial charge in [-0.05, 0) is 36.4 Å². The van der Waals surface area contributed by atoms with Gasteiger partial charge in [-0.15, -0.1) is 11.8 Å². The molecule has 0 fully saturated rings. The van der Waals surface area contributed by atoms with Gasteiger partial charge in [0, 0.05) is 4.90 Å². The molecule has 0 atom stereocenters. The van der Waals surface area contributed by atoms with Crippen LogP contribution in [0.15, 0.2) is 29.2 Å². The molecule has 0 aliphatic carbocycles. The van der Waals surface area contributed by atoms with Crippen molar-refractivity contribution in [2.24, 2.45) is 0 Å². The van der Waals surface area contributed by atoms with Gasteiger partial charge in [0.05, 0.1) is 0 Å². The van der Waals surface area contributed by atoms with E-state index in [1.165, 1.54) is 11.3 Å². The third-order valence-electron chi connectivity index (χ3n) is 1.31. The van der Waals surface area contributed by atoms with Crippen molar-refractivity contribution in [2.45, 2.75) is 18.2 Å². The molecule has 11 heavy (non-hydrogen) atoms. The standard InChI is InChI=1S/C9H12OS/c1-2-7-11-9-5-3-8(10)4-6-9/h3-6,10H,2,7H2,1H3. The summed E-state index contributed by atoms with van der Waals surface area (Å²) in [4.78, 5) is 1.23. The van der Waals surface area contributed by atoms with E-state index in [4.69, 9.17) is 5.11 Å². The zero-order valence-corrected chi connectivity index (χ0v) is 7.40. The number of phenols is 1. The Labute approximate surface area is 71.4 Å². The van der Waals surface area contributed by atoms with Crippen LogP contribution in [-0.4, -0.2) is 10.9 Å². The lowest BCUT2D eigenvalue weighted by molar-refractivity contribution is 0.475. The van der Waals surface area contributed by atoms with Crippen LogP contribution >= 0.6 is 11.8 Å². The van der Waals surface area contributed by atoms with E-state index in [0.29, 0.717) is 5.75 Å². The Bertz CT molecular complexity index is 205. The predicted molar refractivity (Wildman–Crippen MR) is 49.1 cm³/mol. The third-order valence-corrected chi connectivity index (χ3v) is 2.53. The minimum atomic E-state index is 0.339. The smallest absolute Gasteiger partial charge is 0.115 e. The van der Waals surface area contributed by atoms with E-state index in [2.05, 4.69) is 6.92 Å².